The van der Waals surface area contributed by atoms with Crippen LogP contribution in [0.3, 0.4) is 0 Å². The van der Waals surface area contributed by atoms with E-state index in [1.807, 2.05) is 19.1 Å². The van der Waals surface area contributed by atoms with Gasteiger partial charge < -0.3 is 0 Å². The second kappa shape index (κ2) is 5.98. The van der Waals surface area contributed by atoms with Gasteiger partial charge in [-0.15, -0.1) is 0 Å². The van der Waals surface area contributed by atoms with Crippen molar-refractivity contribution in [2.24, 2.45) is 17.8 Å². The smallest absolute Gasteiger partial charge is 0.270 e. The first-order valence-electron chi connectivity index (χ1n) is 7.20. The Bertz CT molecular complexity index is 732. The number of carbonyl (C=O) groups excluding carboxylic acids is 3. The van der Waals surface area contributed by atoms with E-state index in [0.717, 1.165) is 5.01 Å². The van der Waals surface area contributed by atoms with Gasteiger partial charge in [0.1, 0.15) is 0 Å². The van der Waals surface area contributed by atoms with Crippen LogP contribution in [0.1, 0.15) is 23.7 Å². The van der Waals surface area contributed by atoms with Gasteiger partial charge >= 0.3 is 0 Å². The van der Waals surface area contributed by atoms with Gasteiger partial charge in [-0.3, -0.25) is 19.8 Å². The van der Waals surface area contributed by atoms with E-state index in [-0.39, 0.29) is 28.3 Å². The minimum atomic E-state index is -0.579. The lowest BCUT2D eigenvalue weighted by atomic mass is 9.78. The van der Waals surface area contributed by atoms with Gasteiger partial charge in [-0.2, -0.15) is 5.01 Å². The summed E-state index contributed by atoms with van der Waals surface area (Å²) in [4.78, 5) is 37.1. The van der Waals surface area contributed by atoms with Gasteiger partial charge in [-0.25, -0.2) is 0 Å². The Balaban J connectivity index is 1.80. The van der Waals surface area contributed by atoms with E-state index >= 15 is 0 Å². The van der Waals surface area contributed by atoms with Crippen molar-refractivity contribution in [1.29, 1.82) is 0 Å². The van der Waals surface area contributed by atoms with E-state index in [4.69, 9.17) is 23.2 Å². The third-order valence-corrected chi connectivity index (χ3v) is 5.01. The molecule has 3 unspecified atom stereocenters. The lowest BCUT2D eigenvalue weighted by Crippen LogP contribution is -2.46. The molecule has 23 heavy (non-hydrogen) atoms. The summed E-state index contributed by atoms with van der Waals surface area (Å²) in [5, 5.41) is 1.39. The summed E-state index contributed by atoms with van der Waals surface area (Å²) in [5.41, 5.74) is 2.61. The van der Waals surface area contributed by atoms with Crippen molar-refractivity contribution >= 4 is 40.9 Å². The number of nitrogens with one attached hydrogen (secondary N) is 1. The summed E-state index contributed by atoms with van der Waals surface area (Å²) in [6, 6.07) is 4.35. The van der Waals surface area contributed by atoms with Crippen LogP contribution in [0.25, 0.3) is 0 Å². The minimum Gasteiger partial charge on any atom is -0.272 e. The maximum atomic E-state index is 12.5. The van der Waals surface area contributed by atoms with Crippen LogP contribution < -0.4 is 5.43 Å². The summed E-state index contributed by atoms with van der Waals surface area (Å²) < 4.78 is 0. The van der Waals surface area contributed by atoms with Crippen LogP contribution in [0.2, 0.25) is 10.0 Å². The molecule has 0 spiro atoms. The molecule has 1 aliphatic heterocycles. The first kappa shape index (κ1) is 16.0. The molecule has 2 aliphatic rings. The van der Waals surface area contributed by atoms with Crippen molar-refractivity contribution in [3.63, 3.8) is 0 Å². The molecule has 1 N–H and O–H groups in total. The fourth-order valence-electron chi connectivity index (χ4n) is 3.06. The molecule has 3 rings (SSSR count). The molecule has 0 radical (unpaired) electrons. The van der Waals surface area contributed by atoms with Crippen LogP contribution >= 0.6 is 23.2 Å². The van der Waals surface area contributed by atoms with Crippen LogP contribution in [-0.2, 0) is 9.59 Å². The van der Waals surface area contributed by atoms with Gasteiger partial charge in [0, 0.05) is 5.56 Å². The molecule has 0 bridgehead atoms. The molecule has 7 heteroatoms. The monoisotopic (exact) mass is 352 g/mol. The first-order valence-corrected chi connectivity index (χ1v) is 7.96. The number of benzene rings is 1. The van der Waals surface area contributed by atoms with Crippen molar-refractivity contribution in [3.05, 3.63) is 46.0 Å². The summed E-state index contributed by atoms with van der Waals surface area (Å²) in [6.07, 6.45) is 4.34. The second-order valence-electron chi connectivity index (χ2n) is 5.74. The number of amides is 3. The molecule has 3 atom stereocenters. The van der Waals surface area contributed by atoms with Crippen molar-refractivity contribution in [1.82, 2.24) is 10.4 Å². The first-order chi connectivity index (χ1) is 10.9. The second-order valence-corrected chi connectivity index (χ2v) is 6.55. The number of carbonyl (C=O) groups is 3. The van der Waals surface area contributed by atoms with E-state index < -0.39 is 17.7 Å². The quantitative estimate of drug-likeness (QED) is 0.657. The maximum absolute atomic E-state index is 12.5. The standard InChI is InChI=1S/C16H14Cl2N2O3/c1-8-3-2-4-10-13(8)16(23)20(15(10)22)19-14(21)9-5-6-11(17)12(18)7-9/h2-3,5-8,10,13H,4H2,1H3,(H,19,21). The Morgan fingerprint density at radius 1 is 1.22 bits per heavy atom. The van der Waals surface area contributed by atoms with Crippen molar-refractivity contribution in [3.8, 4) is 0 Å². The normalized spacial score (nSPS) is 26.4. The number of hydrazine groups is 1. The minimum absolute atomic E-state index is 0.0305. The fourth-order valence-corrected chi connectivity index (χ4v) is 3.36. The molecule has 0 aromatic heterocycles. The lowest BCUT2D eigenvalue weighted by molar-refractivity contribution is -0.142. The number of rotatable bonds is 2. The number of nitrogens with zero attached hydrogens (tertiary/aromatic N) is 1. The molecule has 1 aliphatic carbocycles. The van der Waals surface area contributed by atoms with E-state index in [0.29, 0.717) is 11.4 Å². The van der Waals surface area contributed by atoms with Crippen molar-refractivity contribution in [2.45, 2.75) is 13.3 Å². The maximum Gasteiger partial charge on any atom is 0.270 e. The van der Waals surface area contributed by atoms with Gasteiger partial charge in [-0.05, 0) is 30.5 Å². The van der Waals surface area contributed by atoms with Crippen molar-refractivity contribution in [2.75, 3.05) is 0 Å². The van der Waals surface area contributed by atoms with E-state index in [9.17, 15) is 14.4 Å². The van der Waals surface area contributed by atoms with Gasteiger partial charge in [0.25, 0.3) is 17.7 Å². The Morgan fingerprint density at radius 2 is 1.96 bits per heavy atom. The van der Waals surface area contributed by atoms with Gasteiger partial charge in [0.15, 0.2) is 0 Å². The molecule has 1 fully saturated rings. The van der Waals surface area contributed by atoms with Gasteiger partial charge in [-0.1, -0.05) is 42.3 Å². The molecule has 1 saturated heterocycles. The number of hydrogen-bond acceptors (Lipinski definition) is 3. The molecule has 1 heterocycles. The molecule has 3 amide bonds. The molecule has 1 aromatic carbocycles. The lowest BCUT2D eigenvalue weighted by Gasteiger charge is -2.22. The molecular formula is C16H14Cl2N2O3. The summed E-state index contributed by atoms with van der Waals surface area (Å²) in [6.45, 7) is 1.89. The molecule has 120 valence electrons. The van der Waals surface area contributed by atoms with Crippen molar-refractivity contribution < 1.29 is 14.4 Å². The summed E-state index contributed by atoms with van der Waals surface area (Å²) in [7, 11) is 0. The largest absolute Gasteiger partial charge is 0.272 e. The van der Waals surface area contributed by atoms with E-state index in [1.54, 1.807) is 0 Å². The zero-order chi connectivity index (χ0) is 16.7. The van der Waals surface area contributed by atoms with Crippen LogP contribution in [0.15, 0.2) is 30.4 Å². The SMILES string of the molecule is CC1C=CCC2C(=O)N(NC(=O)c3ccc(Cl)c(Cl)c3)C(=O)C12. The third kappa shape index (κ3) is 2.75. The molecule has 5 nitrogen and oxygen atoms in total. The number of halogens is 2. The average Bonchev–Trinajstić information content (AvgIpc) is 2.76. The predicted octanol–water partition coefficient (Wildman–Crippen LogP) is 2.84. The zero-order valence-corrected chi connectivity index (χ0v) is 13.8. The topological polar surface area (TPSA) is 66.5 Å². The highest BCUT2D eigenvalue weighted by atomic mass is 35.5. The Hall–Kier alpha value is -1.85. The van der Waals surface area contributed by atoms with E-state index in [2.05, 4.69) is 5.43 Å². The average molecular weight is 353 g/mol. The molecule has 0 saturated carbocycles. The Kier molecular flexibility index (Phi) is 4.17. The molecular weight excluding hydrogens is 339 g/mol. The number of hydrogen-bond donors (Lipinski definition) is 1. The van der Waals surface area contributed by atoms with Crippen LogP contribution in [0.4, 0.5) is 0 Å². The van der Waals surface area contributed by atoms with Gasteiger partial charge in [0.05, 0.1) is 21.9 Å². The van der Waals surface area contributed by atoms with Crippen LogP contribution in [0.5, 0.6) is 0 Å². The number of imide groups is 1. The zero-order valence-electron chi connectivity index (χ0n) is 12.3. The fraction of sp³-hybridized carbons (Fsp3) is 0.312. The van der Waals surface area contributed by atoms with Crippen LogP contribution in [-0.4, -0.2) is 22.7 Å². The summed E-state index contributed by atoms with van der Waals surface area (Å²) in [5.74, 6) is -2.17. The highest BCUT2D eigenvalue weighted by Crippen LogP contribution is 2.37. The van der Waals surface area contributed by atoms with Gasteiger partial charge in [0.2, 0.25) is 0 Å². The van der Waals surface area contributed by atoms with E-state index in [1.165, 1.54) is 18.2 Å². The highest BCUT2D eigenvalue weighted by molar-refractivity contribution is 6.42. The Labute approximate surface area is 143 Å². The number of fused-ring (bicyclic) bond motifs is 1. The predicted molar refractivity (Wildman–Crippen MR) is 85.7 cm³/mol. The Morgan fingerprint density at radius 3 is 2.61 bits per heavy atom. The highest BCUT2D eigenvalue weighted by Gasteiger charge is 2.50. The summed E-state index contributed by atoms with van der Waals surface area (Å²) >= 11 is 11.7. The molecule has 1 aromatic rings. The number of allylic oxidation sites excluding steroid dienone is 2. The third-order valence-electron chi connectivity index (χ3n) is 4.27. The van der Waals surface area contributed by atoms with Crippen LogP contribution in [0, 0.1) is 17.8 Å².